The first-order valence-electron chi connectivity index (χ1n) is 11.3. The zero-order valence-electron chi connectivity index (χ0n) is 19.5. The van der Waals surface area contributed by atoms with Crippen LogP contribution in [0.3, 0.4) is 0 Å². The highest BCUT2D eigenvalue weighted by molar-refractivity contribution is 8.13. The first kappa shape index (κ1) is 23.6. The van der Waals surface area contributed by atoms with Crippen LogP contribution in [0, 0.1) is 13.8 Å². The van der Waals surface area contributed by atoms with E-state index in [1.165, 1.54) is 5.56 Å². The lowest BCUT2D eigenvalue weighted by molar-refractivity contribution is 0.0847. The Morgan fingerprint density at radius 1 is 1.15 bits per heavy atom. The summed E-state index contributed by atoms with van der Waals surface area (Å²) in [4.78, 5) is 20.5. The van der Waals surface area contributed by atoms with Gasteiger partial charge in [0.2, 0.25) is 0 Å². The van der Waals surface area contributed by atoms with Gasteiger partial charge in [-0.05, 0) is 49.4 Å². The number of amidine groups is 1. The Labute approximate surface area is 204 Å². The molecule has 1 amide bonds. The summed E-state index contributed by atoms with van der Waals surface area (Å²) in [6.07, 6.45) is 0.938. The summed E-state index contributed by atoms with van der Waals surface area (Å²) in [6.45, 7) is 9.35. The lowest BCUT2D eigenvalue weighted by Crippen LogP contribution is -2.39. The van der Waals surface area contributed by atoms with Crippen molar-refractivity contribution in [1.82, 2.24) is 14.7 Å². The monoisotopic (exact) mass is 480 g/mol. The van der Waals surface area contributed by atoms with Gasteiger partial charge in [0.25, 0.3) is 5.91 Å². The molecule has 1 aliphatic rings. The Balaban J connectivity index is 1.67. The Kier molecular flexibility index (Phi) is 7.25. The first-order chi connectivity index (χ1) is 15.9. The molecule has 3 aromatic rings. The van der Waals surface area contributed by atoms with Crippen LogP contribution in [0.1, 0.15) is 59.1 Å². The normalized spacial score (nSPS) is 15.5. The van der Waals surface area contributed by atoms with Gasteiger partial charge in [-0.3, -0.25) is 14.4 Å². The van der Waals surface area contributed by atoms with Crippen LogP contribution in [-0.4, -0.2) is 38.1 Å². The largest absolute Gasteiger partial charge is 0.287 e. The zero-order valence-corrected chi connectivity index (χ0v) is 21.1. The van der Waals surface area contributed by atoms with E-state index in [1.54, 1.807) is 11.8 Å². The molecule has 172 valence electrons. The summed E-state index contributed by atoms with van der Waals surface area (Å²) < 4.78 is 1.87. The molecule has 2 aromatic carbocycles. The highest BCUT2D eigenvalue weighted by Gasteiger charge is 2.29. The van der Waals surface area contributed by atoms with Gasteiger partial charge < -0.3 is 0 Å². The first-order valence-corrected chi connectivity index (χ1v) is 12.6. The average Bonchev–Trinajstić information content (AvgIpc) is 3.08. The highest BCUT2D eigenvalue weighted by atomic mass is 35.5. The fourth-order valence-electron chi connectivity index (χ4n) is 4.10. The van der Waals surface area contributed by atoms with Crippen LogP contribution < -0.4 is 0 Å². The van der Waals surface area contributed by atoms with Gasteiger partial charge in [-0.1, -0.05) is 73.6 Å². The minimum absolute atomic E-state index is 0.0385. The number of carbonyl (C=O) groups excluding carboxylic acids is 1. The summed E-state index contributed by atoms with van der Waals surface area (Å²) in [5, 5.41) is 6.13. The molecule has 7 heteroatoms. The lowest BCUT2D eigenvalue weighted by Gasteiger charge is -2.28. The number of hydrogen-bond donors (Lipinski definition) is 0. The molecule has 5 nitrogen and oxygen atoms in total. The predicted octanol–water partition coefficient (Wildman–Crippen LogP) is 6.59. The Bertz CT molecular complexity index is 1200. The number of thioether (sulfide) groups is 1. The van der Waals surface area contributed by atoms with Crippen molar-refractivity contribution < 1.29 is 4.79 Å². The number of para-hydroxylation sites is 1. The van der Waals surface area contributed by atoms with Crippen LogP contribution in [0.2, 0.25) is 5.02 Å². The van der Waals surface area contributed by atoms with Crippen molar-refractivity contribution in [2.24, 2.45) is 4.99 Å². The summed E-state index contributed by atoms with van der Waals surface area (Å²) in [5.74, 6) is 1.27. The minimum atomic E-state index is -0.0385. The Morgan fingerprint density at radius 2 is 1.88 bits per heavy atom. The number of amides is 1. The lowest BCUT2D eigenvalue weighted by atomic mass is 10.0. The van der Waals surface area contributed by atoms with Gasteiger partial charge in [-0.2, -0.15) is 5.10 Å². The highest BCUT2D eigenvalue weighted by Crippen LogP contribution is 2.30. The molecular weight excluding hydrogens is 452 g/mol. The van der Waals surface area contributed by atoms with Gasteiger partial charge in [0.05, 0.1) is 23.5 Å². The van der Waals surface area contributed by atoms with Crippen molar-refractivity contribution in [2.75, 3.05) is 12.3 Å². The standard InChI is InChI=1S/C26H29ClN4OS/c1-17(2)21-11-6-8-13-23(21)28-26-30(14-9-15-33-26)25(32)24-18(3)29-31(19(24)4)16-20-10-5-7-12-22(20)27/h5-8,10-13,17H,9,14-16H2,1-4H3. The smallest absolute Gasteiger partial charge is 0.263 e. The maximum Gasteiger partial charge on any atom is 0.263 e. The summed E-state index contributed by atoms with van der Waals surface area (Å²) in [5.41, 5.74) is 5.30. The molecule has 4 rings (SSSR count). The number of nitrogens with zero attached hydrogens (tertiary/aromatic N) is 4. The topological polar surface area (TPSA) is 50.5 Å². The molecule has 2 heterocycles. The van der Waals surface area contributed by atoms with E-state index in [-0.39, 0.29) is 5.91 Å². The van der Waals surface area contributed by atoms with Crippen LogP contribution in [0.4, 0.5) is 5.69 Å². The summed E-state index contributed by atoms with van der Waals surface area (Å²) in [6, 6.07) is 15.9. The quantitative estimate of drug-likeness (QED) is 0.413. The Morgan fingerprint density at radius 3 is 2.64 bits per heavy atom. The zero-order chi connectivity index (χ0) is 23.5. The summed E-state index contributed by atoms with van der Waals surface area (Å²) in [7, 11) is 0. The minimum Gasteiger partial charge on any atom is -0.287 e. The van der Waals surface area contributed by atoms with Crippen LogP contribution in [0.5, 0.6) is 0 Å². The molecule has 1 fully saturated rings. The second-order valence-corrected chi connectivity index (χ2v) is 10.0. The van der Waals surface area contributed by atoms with Gasteiger partial charge in [0, 0.05) is 23.0 Å². The van der Waals surface area contributed by atoms with Crippen LogP contribution in [-0.2, 0) is 6.54 Å². The number of halogens is 1. The third-order valence-corrected chi connectivity index (χ3v) is 7.31. The van der Waals surface area contributed by atoms with E-state index >= 15 is 0 Å². The van der Waals surface area contributed by atoms with Crippen LogP contribution >= 0.6 is 23.4 Å². The molecule has 0 N–H and O–H groups in total. The molecule has 0 saturated carbocycles. The number of hydrogen-bond acceptors (Lipinski definition) is 4. The van der Waals surface area contributed by atoms with Crippen molar-refractivity contribution in [3.63, 3.8) is 0 Å². The molecule has 0 aliphatic carbocycles. The van der Waals surface area contributed by atoms with Gasteiger partial charge in [0.1, 0.15) is 0 Å². The number of aryl methyl sites for hydroxylation is 1. The van der Waals surface area contributed by atoms with E-state index in [4.69, 9.17) is 16.6 Å². The van der Waals surface area contributed by atoms with Gasteiger partial charge in [0.15, 0.2) is 5.17 Å². The third kappa shape index (κ3) is 5.02. The second-order valence-electron chi connectivity index (χ2n) is 8.56. The molecule has 1 saturated heterocycles. The molecule has 0 unspecified atom stereocenters. The van der Waals surface area contributed by atoms with Crippen molar-refractivity contribution in [3.8, 4) is 0 Å². The van der Waals surface area contributed by atoms with E-state index in [9.17, 15) is 4.79 Å². The van der Waals surface area contributed by atoms with Crippen molar-refractivity contribution in [2.45, 2.75) is 46.6 Å². The second kappa shape index (κ2) is 10.1. The van der Waals surface area contributed by atoms with E-state index < -0.39 is 0 Å². The molecule has 0 radical (unpaired) electrons. The number of rotatable bonds is 5. The maximum absolute atomic E-state index is 13.7. The molecular formula is C26H29ClN4OS. The van der Waals surface area contributed by atoms with Crippen LogP contribution in [0.15, 0.2) is 53.5 Å². The summed E-state index contributed by atoms with van der Waals surface area (Å²) >= 11 is 8.00. The molecule has 0 atom stereocenters. The van der Waals surface area contributed by atoms with E-state index in [2.05, 4.69) is 25.0 Å². The maximum atomic E-state index is 13.7. The number of carbonyl (C=O) groups is 1. The number of aliphatic imine (C=N–C) groups is 1. The van der Waals surface area contributed by atoms with E-state index in [0.717, 1.165) is 40.0 Å². The molecule has 1 aliphatic heterocycles. The molecule has 0 spiro atoms. The number of benzene rings is 2. The average molecular weight is 481 g/mol. The van der Waals surface area contributed by atoms with Crippen molar-refractivity contribution in [3.05, 3.63) is 81.6 Å². The van der Waals surface area contributed by atoms with Gasteiger partial charge >= 0.3 is 0 Å². The third-order valence-electron chi connectivity index (χ3n) is 5.88. The SMILES string of the molecule is Cc1nn(Cc2ccccc2Cl)c(C)c1C(=O)N1CCCSC1=Nc1ccccc1C(C)C. The molecule has 1 aromatic heterocycles. The fraction of sp³-hybridized carbons (Fsp3) is 0.346. The van der Waals surface area contributed by atoms with Crippen LogP contribution in [0.25, 0.3) is 0 Å². The van der Waals surface area contributed by atoms with Gasteiger partial charge in [-0.25, -0.2) is 4.99 Å². The predicted molar refractivity (Wildman–Crippen MR) is 138 cm³/mol. The van der Waals surface area contributed by atoms with Gasteiger partial charge in [-0.15, -0.1) is 0 Å². The van der Waals surface area contributed by atoms with Crippen molar-refractivity contribution in [1.29, 1.82) is 0 Å². The number of aromatic nitrogens is 2. The Hall–Kier alpha value is -2.57. The fourth-order valence-corrected chi connectivity index (χ4v) is 5.25. The van der Waals surface area contributed by atoms with E-state index in [0.29, 0.717) is 29.6 Å². The van der Waals surface area contributed by atoms with Crippen molar-refractivity contribution >= 4 is 40.1 Å². The molecule has 33 heavy (non-hydrogen) atoms. The molecule has 0 bridgehead atoms. The van der Waals surface area contributed by atoms with E-state index in [1.807, 2.05) is 65.9 Å².